The van der Waals surface area contributed by atoms with Crippen LogP contribution in [0.25, 0.3) is 0 Å². The zero-order valence-electron chi connectivity index (χ0n) is 12.4. The van der Waals surface area contributed by atoms with Crippen LogP contribution in [0.1, 0.15) is 16.1 Å². The highest BCUT2D eigenvalue weighted by Crippen LogP contribution is 2.15. The van der Waals surface area contributed by atoms with Gasteiger partial charge in [-0.05, 0) is 19.1 Å². The number of hydrogen-bond donors (Lipinski definition) is 0. The van der Waals surface area contributed by atoms with Crippen LogP contribution in [0, 0.1) is 6.92 Å². The highest BCUT2D eigenvalue weighted by atomic mass is 16.2. The molecule has 0 unspecified atom stereocenters. The van der Waals surface area contributed by atoms with Crippen LogP contribution in [0.2, 0.25) is 0 Å². The molecule has 0 spiro atoms. The molecule has 0 aliphatic carbocycles. The molecule has 2 aromatic heterocycles. The molecule has 0 radical (unpaired) electrons. The Balaban J connectivity index is 1.66. The first kappa shape index (κ1) is 13.6. The van der Waals surface area contributed by atoms with Gasteiger partial charge in [-0.3, -0.25) is 9.48 Å². The van der Waals surface area contributed by atoms with Gasteiger partial charge in [0.15, 0.2) is 0 Å². The Morgan fingerprint density at radius 3 is 2.52 bits per heavy atom. The van der Waals surface area contributed by atoms with Gasteiger partial charge in [-0.1, -0.05) is 6.07 Å². The number of rotatable bonds is 2. The molecule has 0 atom stereocenters. The standard InChI is InChI=1S/C15H19N5O/c1-12-13(11-17-18(12)2)15(21)20-9-7-19(8-10-20)14-5-3-4-6-16-14/h3-6,11H,7-10H2,1-2H3. The fourth-order valence-corrected chi connectivity index (χ4v) is 2.56. The molecule has 1 aliphatic heterocycles. The highest BCUT2D eigenvalue weighted by molar-refractivity contribution is 5.95. The Bertz CT molecular complexity index is 629. The predicted octanol–water partition coefficient (Wildman–Crippen LogP) is 1.09. The maximum Gasteiger partial charge on any atom is 0.257 e. The largest absolute Gasteiger partial charge is 0.353 e. The lowest BCUT2D eigenvalue weighted by Gasteiger charge is -2.35. The summed E-state index contributed by atoms with van der Waals surface area (Å²) in [6, 6.07) is 5.90. The molecule has 1 saturated heterocycles. The molecule has 2 aromatic rings. The molecular formula is C15H19N5O. The van der Waals surface area contributed by atoms with Crippen molar-refractivity contribution in [1.82, 2.24) is 19.7 Å². The van der Waals surface area contributed by atoms with Crippen molar-refractivity contribution in [3.05, 3.63) is 41.9 Å². The Kier molecular flexibility index (Phi) is 3.60. The third-order valence-electron chi connectivity index (χ3n) is 4.01. The Labute approximate surface area is 124 Å². The van der Waals surface area contributed by atoms with Crippen LogP contribution in [0.15, 0.2) is 30.6 Å². The molecule has 0 aromatic carbocycles. The van der Waals surface area contributed by atoms with Crippen LogP contribution in [-0.4, -0.2) is 51.8 Å². The van der Waals surface area contributed by atoms with E-state index in [1.54, 1.807) is 17.1 Å². The number of nitrogens with zero attached hydrogens (tertiary/aromatic N) is 5. The van der Waals surface area contributed by atoms with Crippen LogP contribution in [0.4, 0.5) is 5.82 Å². The second-order valence-corrected chi connectivity index (χ2v) is 5.23. The third-order valence-corrected chi connectivity index (χ3v) is 4.01. The van der Waals surface area contributed by atoms with E-state index in [0.717, 1.165) is 24.6 Å². The third kappa shape index (κ3) is 2.61. The van der Waals surface area contributed by atoms with Crippen molar-refractivity contribution in [3.8, 4) is 0 Å². The van der Waals surface area contributed by atoms with Gasteiger partial charge in [0, 0.05) is 45.1 Å². The van der Waals surface area contributed by atoms with E-state index in [9.17, 15) is 4.79 Å². The number of aryl methyl sites for hydroxylation is 1. The van der Waals surface area contributed by atoms with E-state index in [0.29, 0.717) is 18.7 Å². The SMILES string of the molecule is Cc1c(C(=O)N2CCN(c3ccccn3)CC2)cnn1C. The molecule has 110 valence electrons. The summed E-state index contributed by atoms with van der Waals surface area (Å²) in [6.45, 7) is 4.96. The maximum absolute atomic E-state index is 12.5. The molecule has 3 heterocycles. The predicted molar refractivity (Wildman–Crippen MR) is 80.3 cm³/mol. The first-order valence-corrected chi connectivity index (χ1v) is 7.10. The zero-order valence-corrected chi connectivity index (χ0v) is 12.4. The van der Waals surface area contributed by atoms with Crippen molar-refractivity contribution in [1.29, 1.82) is 0 Å². The van der Waals surface area contributed by atoms with Crippen LogP contribution >= 0.6 is 0 Å². The van der Waals surface area contributed by atoms with Crippen molar-refractivity contribution < 1.29 is 4.79 Å². The normalized spacial score (nSPS) is 15.3. The lowest BCUT2D eigenvalue weighted by atomic mass is 10.2. The lowest BCUT2D eigenvalue weighted by molar-refractivity contribution is 0.0745. The number of aromatic nitrogens is 3. The summed E-state index contributed by atoms with van der Waals surface area (Å²) in [5.41, 5.74) is 1.61. The van der Waals surface area contributed by atoms with Gasteiger partial charge in [-0.15, -0.1) is 0 Å². The number of anilines is 1. The average molecular weight is 285 g/mol. The van der Waals surface area contributed by atoms with Crippen molar-refractivity contribution >= 4 is 11.7 Å². The molecule has 1 fully saturated rings. The molecule has 6 nitrogen and oxygen atoms in total. The fourth-order valence-electron chi connectivity index (χ4n) is 2.56. The highest BCUT2D eigenvalue weighted by Gasteiger charge is 2.24. The summed E-state index contributed by atoms with van der Waals surface area (Å²) in [5.74, 6) is 1.04. The van der Waals surface area contributed by atoms with Crippen molar-refractivity contribution in [3.63, 3.8) is 0 Å². The topological polar surface area (TPSA) is 54.3 Å². The van der Waals surface area contributed by atoms with E-state index >= 15 is 0 Å². The van der Waals surface area contributed by atoms with Crippen molar-refractivity contribution in [2.24, 2.45) is 7.05 Å². The van der Waals surface area contributed by atoms with Gasteiger partial charge in [0.05, 0.1) is 11.8 Å². The zero-order chi connectivity index (χ0) is 14.8. The molecule has 0 saturated carbocycles. The van der Waals surface area contributed by atoms with Crippen LogP contribution < -0.4 is 4.90 Å². The summed E-state index contributed by atoms with van der Waals surface area (Å²) in [6.07, 6.45) is 3.45. The molecule has 0 bridgehead atoms. The second-order valence-electron chi connectivity index (χ2n) is 5.23. The molecule has 21 heavy (non-hydrogen) atoms. The van der Waals surface area contributed by atoms with E-state index in [-0.39, 0.29) is 5.91 Å². The monoisotopic (exact) mass is 285 g/mol. The van der Waals surface area contributed by atoms with Crippen molar-refractivity contribution in [2.45, 2.75) is 6.92 Å². The van der Waals surface area contributed by atoms with Gasteiger partial charge >= 0.3 is 0 Å². The van der Waals surface area contributed by atoms with Gasteiger partial charge in [-0.25, -0.2) is 4.98 Å². The van der Waals surface area contributed by atoms with Gasteiger partial charge < -0.3 is 9.80 Å². The number of carbonyl (C=O) groups is 1. The van der Waals surface area contributed by atoms with E-state index in [1.807, 2.05) is 37.1 Å². The van der Waals surface area contributed by atoms with Gasteiger partial charge in [0.1, 0.15) is 5.82 Å². The van der Waals surface area contributed by atoms with E-state index in [4.69, 9.17) is 0 Å². The minimum Gasteiger partial charge on any atom is -0.353 e. The van der Waals surface area contributed by atoms with Crippen LogP contribution in [-0.2, 0) is 7.05 Å². The smallest absolute Gasteiger partial charge is 0.257 e. The van der Waals surface area contributed by atoms with Crippen molar-refractivity contribution in [2.75, 3.05) is 31.1 Å². The minimum atomic E-state index is 0.0706. The molecule has 6 heteroatoms. The Morgan fingerprint density at radius 1 is 1.19 bits per heavy atom. The summed E-state index contributed by atoms with van der Waals surface area (Å²) < 4.78 is 1.73. The van der Waals surface area contributed by atoms with E-state index in [1.165, 1.54) is 0 Å². The van der Waals surface area contributed by atoms with Gasteiger partial charge in [0.25, 0.3) is 5.91 Å². The minimum absolute atomic E-state index is 0.0706. The molecule has 0 N–H and O–H groups in total. The lowest BCUT2D eigenvalue weighted by Crippen LogP contribution is -2.49. The molecular weight excluding hydrogens is 266 g/mol. The fraction of sp³-hybridized carbons (Fsp3) is 0.400. The molecule has 1 amide bonds. The summed E-state index contributed by atoms with van der Waals surface area (Å²) in [4.78, 5) is 21.0. The van der Waals surface area contributed by atoms with Gasteiger partial charge in [-0.2, -0.15) is 5.10 Å². The first-order valence-electron chi connectivity index (χ1n) is 7.10. The Hall–Kier alpha value is -2.37. The summed E-state index contributed by atoms with van der Waals surface area (Å²) in [5, 5.41) is 4.14. The Morgan fingerprint density at radius 2 is 1.95 bits per heavy atom. The second kappa shape index (κ2) is 5.55. The molecule has 3 rings (SSSR count). The number of pyridine rings is 1. The molecule has 1 aliphatic rings. The van der Waals surface area contributed by atoms with E-state index < -0.39 is 0 Å². The number of hydrogen-bond acceptors (Lipinski definition) is 4. The number of carbonyl (C=O) groups excluding carboxylic acids is 1. The number of amides is 1. The van der Waals surface area contributed by atoms with Gasteiger partial charge in [0.2, 0.25) is 0 Å². The van der Waals surface area contributed by atoms with Crippen LogP contribution in [0.5, 0.6) is 0 Å². The van der Waals surface area contributed by atoms with E-state index in [2.05, 4.69) is 15.0 Å². The van der Waals surface area contributed by atoms with Crippen LogP contribution in [0.3, 0.4) is 0 Å². The number of piperazine rings is 1. The average Bonchev–Trinajstić information content (AvgIpc) is 2.87. The quantitative estimate of drug-likeness (QED) is 0.829. The maximum atomic E-state index is 12.5. The summed E-state index contributed by atoms with van der Waals surface area (Å²) in [7, 11) is 1.85. The summed E-state index contributed by atoms with van der Waals surface area (Å²) >= 11 is 0. The first-order chi connectivity index (χ1) is 10.2.